The number of aryl methyl sites for hydroxylation is 1. The summed E-state index contributed by atoms with van der Waals surface area (Å²) in [6, 6.07) is 16.0. The Kier molecular flexibility index (Phi) is 9.15. The van der Waals surface area contributed by atoms with Gasteiger partial charge < -0.3 is 5.32 Å². The number of carbonyl (C=O) groups is 2. The van der Waals surface area contributed by atoms with Crippen LogP contribution in [0.15, 0.2) is 53.9 Å². The third-order valence-corrected chi connectivity index (χ3v) is 6.26. The predicted octanol–water partition coefficient (Wildman–Crippen LogP) is 4.97. The number of amides is 2. The van der Waals surface area contributed by atoms with Crippen LogP contribution >= 0.6 is 11.3 Å². The highest BCUT2D eigenvalue weighted by Crippen LogP contribution is 2.26. The standard InChI is InChI=1S/C26H32N4O2S/c1-4-30(5-2)17-21-10-14-23(15-11-21)25(32)29-26-28-24(18-33-26)22-12-8-20(9-13-22)7-6-16-27-19(3)31/h8-15,18H,4-7,16-17H2,1-3H3,(H,27,31)(H,28,29,32). The van der Waals surface area contributed by atoms with Crippen molar-refractivity contribution in [2.75, 3.05) is 25.0 Å². The number of nitrogens with zero attached hydrogens (tertiary/aromatic N) is 2. The maximum Gasteiger partial charge on any atom is 0.257 e. The van der Waals surface area contributed by atoms with Crippen molar-refractivity contribution in [2.24, 2.45) is 0 Å². The molecule has 0 aliphatic heterocycles. The number of thiazole rings is 1. The van der Waals surface area contributed by atoms with E-state index in [1.807, 2.05) is 41.8 Å². The van der Waals surface area contributed by atoms with E-state index in [0.717, 1.165) is 43.7 Å². The van der Waals surface area contributed by atoms with Crippen LogP contribution in [0.5, 0.6) is 0 Å². The smallest absolute Gasteiger partial charge is 0.257 e. The Hall–Kier alpha value is -3.03. The minimum atomic E-state index is -0.153. The van der Waals surface area contributed by atoms with Gasteiger partial charge in [-0.1, -0.05) is 50.2 Å². The van der Waals surface area contributed by atoms with Crippen LogP contribution in [0.25, 0.3) is 11.3 Å². The Morgan fingerprint density at radius 3 is 2.27 bits per heavy atom. The van der Waals surface area contributed by atoms with Gasteiger partial charge in [0.1, 0.15) is 0 Å². The molecule has 2 aromatic carbocycles. The second-order valence-corrected chi connectivity index (χ2v) is 8.79. The van der Waals surface area contributed by atoms with Crippen molar-refractivity contribution >= 4 is 28.3 Å². The molecule has 0 bridgehead atoms. The van der Waals surface area contributed by atoms with Gasteiger partial charge in [-0.05, 0) is 49.2 Å². The molecule has 0 saturated heterocycles. The molecule has 6 nitrogen and oxygen atoms in total. The number of carbonyl (C=O) groups excluding carboxylic acids is 2. The third-order valence-electron chi connectivity index (χ3n) is 5.51. The first-order valence-electron chi connectivity index (χ1n) is 11.4. The first-order valence-corrected chi connectivity index (χ1v) is 12.3. The molecule has 3 aromatic rings. The van der Waals surface area contributed by atoms with Crippen molar-refractivity contribution in [3.05, 3.63) is 70.6 Å². The highest BCUT2D eigenvalue weighted by atomic mass is 32.1. The topological polar surface area (TPSA) is 74.3 Å². The summed E-state index contributed by atoms with van der Waals surface area (Å²) in [7, 11) is 0. The fraction of sp³-hybridized carbons (Fsp3) is 0.346. The van der Waals surface area contributed by atoms with Gasteiger partial charge in [-0.2, -0.15) is 0 Å². The zero-order valence-electron chi connectivity index (χ0n) is 19.6. The van der Waals surface area contributed by atoms with Crippen molar-refractivity contribution < 1.29 is 9.59 Å². The molecule has 2 N–H and O–H groups in total. The molecular formula is C26H32N4O2S. The van der Waals surface area contributed by atoms with Crippen molar-refractivity contribution in [3.63, 3.8) is 0 Å². The largest absolute Gasteiger partial charge is 0.356 e. The molecule has 174 valence electrons. The number of rotatable bonds is 11. The van der Waals surface area contributed by atoms with Crippen LogP contribution < -0.4 is 10.6 Å². The van der Waals surface area contributed by atoms with Crippen LogP contribution in [-0.4, -0.2) is 41.3 Å². The average Bonchev–Trinajstić information content (AvgIpc) is 3.29. The van der Waals surface area contributed by atoms with Crippen LogP contribution in [0, 0.1) is 0 Å². The quantitative estimate of drug-likeness (QED) is 0.393. The molecule has 0 aliphatic rings. The molecule has 2 amide bonds. The normalized spacial score (nSPS) is 10.9. The van der Waals surface area contributed by atoms with E-state index >= 15 is 0 Å². The van der Waals surface area contributed by atoms with E-state index in [1.165, 1.54) is 29.4 Å². The Balaban J connectivity index is 1.54. The molecule has 1 heterocycles. The summed E-state index contributed by atoms with van der Waals surface area (Å²) in [4.78, 5) is 30.5. The number of hydrogen-bond acceptors (Lipinski definition) is 5. The molecule has 0 unspecified atom stereocenters. The summed E-state index contributed by atoms with van der Waals surface area (Å²) in [5.74, 6) is -0.149. The SMILES string of the molecule is CCN(CC)Cc1ccc(C(=O)Nc2nc(-c3ccc(CCCNC(C)=O)cc3)cs2)cc1. The van der Waals surface area contributed by atoms with Crippen LogP contribution in [-0.2, 0) is 17.8 Å². The van der Waals surface area contributed by atoms with Gasteiger partial charge in [0.05, 0.1) is 5.69 Å². The van der Waals surface area contributed by atoms with Gasteiger partial charge in [0, 0.05) is 36.5 Å². The Morgan fingerprint density at radius 1 is 0.970 bits per heavy atom. The van der Waals surface area contributed by atoms with Crippen molar-refractivity contribution in [1.82, 2.24) is 15.2 Å². The number of benzene rings is 2. The van der Waals surface area contributed by atoms with Crippen LogP contribution in [0.2, 0.25) is 0 Å². The lowest BCUT2D eigenvalue weighted by atomic mass is 10.1. The van der Waals surface area contributed by atoms with E-state index < -0.39 is 0 Å². The summed E-state index contributed by atoms with van der Waals surface area (Å²) in [6.45, 7) is 9.42. The molecule has 0 saturated carbocycles. The van der Waals surface area contributed by atoms with Crippen LogP contribution in [0.1, 0.15) is 48.7 Å². The maximum atomic E-state index is 12.6. The van der Waals surface area contributed by atoms with Crippen LogP contribution in [0.3, 0.4) is 0 Å². The van der Waals surface area contributed by atoms with Gasteiger partial charge in [0.2, 0.25) is 5.91 Å². The second kappa shape index (κ2) is 12.3. The molecule has 0 radical (unpaired) electrons. The number of nitrogens with one attached hydrogen (secondary N) is 2. The van der Waals surface area contributed by atoms with E-state index in [0.29, 0.717) is 17.2 Å². The van der Waals surface area contributed by atoms with Gasteiger partial charge in [-0.15, -0.1) is 11.3 Å². The first-order chi connectivity index (χ1) is 16.0. The lowest BCUT2D eigenvalue weighted by molar-refractivity contribution is -0.118. The lowest BCUT2D eigenvalue weighted by Gasteiger charge is -2.17. The van der Waals surface area contributed by atoms with E-state index in [-0.39, 0.29) is 11.8 Å². The number of hydrogen-bond donors (Lipinski definition) is 2. The Labute approximate surface area is 200 Å². The monoisotopic (exact) mass is 464 g/mol. The van der Waals surface area contributed by atoms with E-state index in [4.69, 9.17) is 0 Å². The summed E-state index contributed by atoms with van der Waals surface area (Å²) >= 11 is 1.42. The van der Waals surface area contributed by atoms with Gasteiger partial charge >= 0.3 is 0 Å². The average molecular weight is 465 g/mol. The van der Waals surface area contributed by atoms with Crippen LogP contribution in [0.4, 0.5) is 5.13 Å². The highest BCUT2D eigenvalue weighted by Gasteiger charge is 2.11. The zero-order valence-corrected chi connectivity index (χ0v) is 20.4. The molecule has 0 atom stereocenters. The van der Waals surface area contributed by atoms with E-state index in [1.54, 1.807) is 0 Å². The fourth-order valence-electron chi connectivity index (χ4n) is 3.50. The van der Waals surface area contributed by atoms with E-state index in [2.05, 4.69) is 46.5 Å². The maximum absolute atomic E-state index is 12.6. The molecular weight excluding hydrogens is 432 g/mol. The van der Waals surface area contributed by atoms with E-state index in [9.17, 15) is 9.59 Å². The summed E-state index contributed by atoms with van der Waals surface area (Å²) in [6.07, 6.45) is 1.81. The number of anilines is 1. The number of aromatic nitrogens is 1. The summed E-state index contributed by atoms with van der Waals surface area (Å²) in [5, 5.41) is 8.26. The minimum Gasteiger partial charge on any atom is -0.356 e. The fourth-order valence-corrected chi connectivity index (χ4v) is 4.21. The minimum absolute atomic E-state index is 0.00378. The molecule has 0 spiro atoms. The molecule has 0 aliphatic carbocycles. The predicted molar refractivity (Wildman–Crippen MR) is 136 cm³/mol. The van der Waals surface area contributed by atoms with Gasteiger partial charge in [-0.3, -0.25) is 19.8 Å². The first kappa shape index (κ1) is 24.6. The second-order valence-electron chi connectivity index (χ2n) is 7.93. The molecule has 1 aromatic heterocycles. The Morgan fingerprint density at radius 2 is 1.64 bits per heavy atom. The summed E-state index contributed by atoms with van der Waals surface area (Å²) < 4.78 is 0. The Bertz CT molecular complexity index is 1040. The molecule has 3 rings (SSSR count). The molecule has 7 heteroatoms. The molecule has 33 heavy (non-hydrogen) atoms. The summed E-state index contributed by atoms with van der Waals surface area (Å²) in [5.41, 5.74) is 4.90. The zero-order chi connectivity index (χ0) is 23.6. The van der Waals surface area contributed by atoms with Crippen molar-refractivity contribution in [1.29, 1.82) is 0 Å². The van der Waals surface area contributed by atoms with Crippen molar-refractivity contribution in [3.8, 4) is 11.3 Å². The lowest BCUT2D eigenvalue weighted by Crippen LogP contribution is -2.22. The third kappa shape index (κ3) is 7.51. The molecule has 0 fully saturated rings. The van der Waals surface area contributed by atoms with Gasteiger partial charge in [-0.25, -0.2) is 4.98 Å². The van der Waals surface area contributed by atoms with Gasteiger partial charge in [0.25, 0.3) is 5.91 Å². The van der Waals surface area contributed by atoms with Gasteiger partial charge in [0.15, 0.2) is 5.13 Å². The highest BCUT2D eigenvalue weighted by molar-refractivity contribution is 7.14. The van der Waals surface area contributed by atoms with Crippen molar-refractivity contribution in [2.45, 2.75) is 40.2 Å².